The summed E-state index contributed by atoms with van der Waals surface area (Å²) in [5.74, 6) is 2.37. The zero-order valence-corrected chi connectivity index (χ0v) is 16.7. The number of rotatable bonds is 7. The summed E-state index contributed by atoms with van der Waals surface area (Å²) in [5.41, 5.74) is 1.75. The van der Waals surface area contributed by atoms with E-state index in [-0.39, 0.29) is 5.92 Å². The average molecular weight is 393 g/mol. The van der Waals surface area contributed by atoms with Gasteiger partial charge in [-0.25, -0.2) is 9.97 Å². The molecule has 0 radical (unpaired) electrons. The van der Waals surface area contributed by atoms with Crippen molar-refractivity contribution in [2.45, 2.75) is 25.2 Å². The van der Waals surface area contributed by atoms with E-state index in [2.05, 4.69) is 27.4 Å². The van der Waals surface area contributed by atoms with Gasteiger partial charge in [-0.3, -0.25) is 4.79 Å². The maximum atomic E-state index is 12.8. The Morgan fingerprint density at radius 1 is 1.31 bits per heavy atom. The van der Waals surface area contributed by atoms with E-state index < -0.39 is 0 Å². The summed E-state index contributed by atoms with van der Waals surface area (Å²) in [5, 5.41) is 10.6. The normalized spacial score (nSPS) is 21.5. The summed E-state index contributed by atoms with van der Waals surface area (Å²) in [6.45, 7) is 2.41. The molecule has 0 bridgehead atoms. The highest BCUT2D eigenvalue weighted by molar-refractivity contribution is 5.83. The molecule has 7 nitrogen and oxygen atoms in total. The van der Waals surface area contributed by atoms with Crippen LogP contribution in [0.2, 0.25) is 0 Å². The van der Waals surface area contributed by atoms with Crippen molar-refractivity contribution in [2.24, 2.45) is 11.8 Å². The second kappa shape index (κ2) is 8.59. The van der Waals surface area contributed by atoms with Gasteiger partial charge in [-0.15, -0.1) is 0 Å². The van der Waals surface area contributed by atoms with E-state index in [0.29, 0.717) is 35.1 Å². The Kier molecular flexibility index (Phi) is 5.74. The van der Waals surface area contributed by atoms with Gasteiger partial charge in [0.25, 0.3) is 5.88 Å². The minimum absolute atomic E-state index is 0.166. The summed E-state index contributed by atoms with van der Waals surface area (Å²) in [6.07, 6.45) is 5.65. The molecule has 2 fully saturated rings. The number of amides is 1. The Bertz CT molecular complexity index is 865. The third-order valence-electron chi connectivity index (χ3n) is 5.92. The maximum Gasteiger partial charge on any atom is 0.257 e. The first kappa shape index (κ1) is 19.4. The maximum absolute atomic E-state index is 12.8. The van der Waals surface area contributed by atoms with Gasteiger partial charge in [0, 0.05) is 31.8 Å². The zero-order valence-electron chi connectivity index (χ0n) is 16.7. The molecule has 2 aromatic rings. The van der Waals surface area contributed by atoms with Crippen LogP contribution in [0.15, 0.2) is 36.5 Å². The predicted octanol–water partition coefficient (Wildman–Crippen LogP) is 2.94. The molecular weight excluding hydrogens is 366 g/mol. The highest BCUT2D eigenvalue weighted by Crippen LogP contribution is 2.48. The first-order valence-corrected chi connectivity index (χ1v) is 10.2. The van der Waals surface area contributed by atoms with Gasteiger partial charge < -0.3 is 20.4 Å². The van der Waals surface area contributed by atoms with Crippen molar-refractivity contribution >= 4 is 17.9 Å². The van der Waals surface area contributed by atoms with E-state index in [1.807, 2.05) is 23.1 Å². The van der Waals surface area contributed by atoms with Crippen LogP contribution in [0, 0.1) is 17.2 Å². The number of piperidine rings is 1. The van der Waals surface area contributed by atoms with Crippen molar-refractivity contribution in [3.63, 3.8) is 0 Å². The molecule has 1 aromatic carbocycles. The number of anilines is 1. The SMILES string of the molecule is COc1nc(C=N)cnc1NCC1CCN(C(=O)[C@@H]2C[C@H]2c2ccccc2)CC1. The molecule has 2 N–H and O–H groups in total. The molecule has 0 unspecified atom stereocenters. The number of carbonyl (C=O) groups is 1. The van der Waals surface area contributed by atoms with E-state index in [0.717, 1.165) is 45.1 Å². The van der Waals surface area contributed by atoms with Crippen LogP contribution in [-0.4, -0.2) is 53.7 Å². The summed E-state index contributed by atoms with van der Waals surface area (Å²) >= 11 is 0. The first-order chi connectivity index (χ1) is 14.2. The molecule has 2 atom stereocenters. The molecular formula is C22H27N5O2. The Labute approximate surface area is 171 Å². The van der Waals surface area contributed by atoms with E-state index >= 15 is 0 Å². The summed E-state index contributed by atoms with van der Waals surface area (Å²) < 4.78 is 5.26. The number of carbonyl (C=O) groups excluding carboxylic acids is 1. The first-order valence-electron chi connectivity index (χ1n) is 10.2. The van der Waals surface area contributed by atoms with Crippen LogP contribution in [0.4, 0.5) is 5.82 Å². The van der Waals surface area contributed by atoms with Crippen molar-refractivity contribution in [3.8, 4) is 5.88 Å². The molecule has 4 rings (SSSR count). The number of aromatic nitrogens is 2. The molecule has 1 aliphatic heterocycles. The molecule has 1 aliphatic carbocycles. The highest BCUT2D eigenvalue weighted by Gasteiger charge is 2.46. The van der Waals surface area contributed by atoms with Gasteiger partial charge in [-0.2, -0.15) is 0 Å². The van der Waals surface area contributed by atoms with Crippen LogP contribution in [0.5, 0.6) is 5.88 Å². The fraction of sp³-hybridized carbons (Fsp3) is 0.455. The van der Waals surface area contributed by atoms with E-state index in [1.54, 1.807) is 13.3 Å². The Balaban J connectivity index is 1.25. The van der Waals surface area contributed by atoms with Gasteiger partial charge in [-0.05, 0) is 36.7 Å². The minimum Gasteiger partial charge on any atom is -0.478 e. The van der Waals surface area contributed by atoms with Crippen LogP contribution >= 0.6 is 0 Å². The smallest absolute Gasteiger partial charge is 0.257 e. The van der Waals surface area contributed by atoms with Gasteiger partial charge >= 0.3 is 0 Å². The standard InChI is InChI=1S/C22H27N5O2/c1-29-21-20(25-14-17(12-23)26-21)24-13-15-7-9-27(10-8-15)22(28)19-11-18(19)16-5-3-2-4-6-16/h2-6,12,14-15,18-19,23H,7-11,13H2,1H3,(H,24,25)/t18-,19+/m0/s1. The number of hydrogen-bond acceptors (Lipinski definition) is 6. The Hall–Kier alpha value is -2.96. The summed E-state index contributed by atoms with van der Waals surface area (Å²) in [7, 11) is 1.55. The van der Waals surface area contributed by atoms with Crippen molar-refractivity contribution < 1.29 is 9.53 Å². The molecule has 1 aromatic heterocycles. The third kappa shape index (κ3) is 4.39. The zero-order chi connectivity index (χ0) is 20.2. The third-order valence-corrected chi connectivity index (χ3v) is 5.92. The van der Waals surface area contributed by atoms with Gasteiger partial charge in [0.1, 0.15) is 5.69 Å². The van der Waals surface area contributed by atoms with Crippen molar-refractivity contribution in [1.82, 2.24) is 14.9 Å². The van der Waals surface area contributed by atoms with Gasteiger partial charge in [0.05, 0.1) is 13.3 Å². The minimum atomic E-state index is 0.166. The summed E-state index contributed by atoms with van der Waals surface area (Å²) in [6, 6.07) is 10.4. The lowest BCUT2D eigenvalue weighted by Gasteiger charge is -2.32. The molecule has 2 heterocycles. The van der Waals surface area contributed by atoms with Gasteiger partial charge in [0.2, 0.25) is 5.91 Å². The lowest BCUT2D eigenvalue weighted by molar-refractivity contribution is -0.134. The number of ether oxygens (including phenoxy) is 1. The second-order valence-electron chi connectivity index (χ2n) is 7.81. The Morgan fingerprint density at radius 2 is 2.07 bits per heavy atom. The molecule has 7 heteroatoms. The van der Waals surface area contributed by atoms with Crippen LogP contribution < -0.4 is 10.1 Å². The molecule has 0 spiro atoms. The fourth-order valence-corrected chi connectivity index (χ4v) is 4.09. The lowest BCUT2D eigenvalue weighted by Crippen LogP contribution is -2.40. The van der Waals surface area contributed by atoms with E-state index in [4.69, 9.17) is 10.1 Å². The van der Waals surface area contributed by atoms with Crippen LogP contribution in [-0.2, 0) is 4.79 Å². The molecule has 1 saturated carbocycles. The molecule has 1 saturated heterocycles. The summed E-state index contributed by atoms with van der Waals surface area (Å²) in [4.78, 5) is 23.4. The number of nitrogens with zero attached hydrogens (tertiary/aromatic N) is 3. The average Bonchev–Trinajstić information content (AvgIpc) is 3.59. The number of benzene rings is 1. The molecule has 29 heavy (non-hydrogen) atoms. The van der Waals surface area contributed by atoms with Crippen molar-refractivity contribution in [3.05, 3.63) is 47.8 Å². The number of likely N-dealkylation sites (tertiary alicyclic amines) is 1. The van der Waals surface area contributed by atoms with Crippen LogP contribution in [0.3, 0.4) is 0 Å². The highest BCUT2D eigenvalue weighted by atomic mass is 16.5. The quantitative estimate of drug-likeness (QED) is 0.706. The lowest BCUT2D eigenvalue weighted by atomic mass is 9.96. The topological polar surface area (TPSA) is 91.2 Å². The van der Waals surface area contributed by atoms with Gasteiger partial charge in [0.15, 0.2) is 5.82 Å². The largest absolute Gasteiger partial charge is 0.478 e. The number of nitrogens with one attached hydrogen (secondary N) is 2. The fourth-order valence-electron chi connectivity index (χ4n) is 4.09. The second-order valence-corrected chi connectivity index (χ2v) is 7.81. The van der Waals surface area contributed by atoms with Crippen molar-refractivity contribution in [2.75, 3.05) is 32.1 Å². The molecule has 152 valence electrons. The van der Waals surface area contributed by atoms with Gasteiger partial charge in [-0.1, -0.05) is 30.3 Å². The van der Waals surface area contributed by atoms with Crippen LogP contribution in [0.1, 0.15) is 36.4 Å². The van der Waals surface area contributed by atoms with E-state index in [1.165, 1.54) is 5.56 Å². The number of methoxy groups -OCH3 is 1. The monoisotopic (exact) mass is 393 g/mol. The molecule has 1 amide bonds. The molecule has 2 aliphatic rings. The van der Waals surface area contributed by atoms with Crippen LogP contribution in [0.25, 0.3) is 0 Å². The Morgan fingerprint density at radius 3 is 2.76 bits per heavy atom. The van der Waals surface area contributed by atoms with E-state index in [9.17, 15) is 4.79 Å². The van der Waals surface area contributed by atoms with Crippen molar-refractivity contribution in [1.29, 1.82) is 5.41 Å². The number of hydrogen-bond donors (Lipinski definition) is 2. The predicted molar refractivity (Wildman–Crippen MR) is 112 cm³/mol.